The second kappa shape index (κ2) is 16.8. The molecule has 0 aliphatic carbocycles. The number of para-hydroxylation sites is 4. The molecule has 56 heavy (non-hydrogen) atoms. The summed E-state index contributed by atoms with van der Waals surface area (Å²) in [6.45, 7) is 7.82. The quantitative estimate of drug-likeness (QED) is 0.0824. The molecule has 0 unspecified atom stereocenters. The number of fused-ring (bicyclic) bond motifs is 2. The Balaban J connectivity index is 0.000000155. The van der Waals surface area contributed by atoms with Gasteiger partial charge in [0.25, 0.3) is 0 Å². The molecule has 16 heteroatoms. The molecule has 14 nitrogen and oxygen atoms in total. The first-order valence-electron chi connectivity index (χ1n) is 17.2. The molecule has 1 amide bonds. The van der Waals surface area contributed by atoms with Gasteiger partial charge < -0.3 is 16.4 Å². The molecule has 0 radical (unpaired) electrons. The zero-order valence-electron chi connectivity index (χ0n) is 31.1. The SMILES string of the molecule is Cc1ccc(NC=O)cc1.Cc1ccc(Nc2nc(N)cc(-n3c(C)nc4ccccc43)n2)cc1.Cc1nc2ccccc2n1-c1cc(Cl)nc(S(C)(=O)=O)n1. The first kappa shape index (κ1) is 39.0. The molecular weight excluding hydrogens is 750 g/mol. The number of benzene rings is 4. The molecule has 8 aromatic rings. The minimum atomic E-state index is -3.55. The smallest absolute Gasteiger partial charge is 0.250 e. The van der Waals surface area contributed by atoms with E-state index in [0.717, 1.165) is 45.5 Å². The van der Waals surface area contributed by atoms with Crippen LogP contribution in [0.2, 0.25) is 5.15 Å². The number of carbonyl (C=O) groups is 1. The van der Waals surface area contributed by atoms with E-state index in [0.29, 0.717) is 35.6 Å². The van der Waals surface area contributed by atoms with Crippen molar-refractivity contribution in [2.45, 2.75) is 32.9 Å². The lowest BCUT2D eigenvalue weighted by molar-refractivity contribution is -0.105. The number of halogens is 1. The molecule has 4 aromatic carbocycles. The number of nitrogens with two attached hydrogens (primary N) is 1. The summed E-state index contributed by atoms with van der Waals surface area (Å²) in [7, 11) is -3.55. The van der Waals surface area contributed by atoms with Gasteiger partial charge in [0.05, 0.1) is 22.1 Å². The largest absolute Gasteiger partial charge is 0.383 e. The van der Waals surface area contributed by atoms with Crippen molar-refractivity contribution < 1.29 is 13.2 Å². The van der Waals surface area contributed by atoms with Crippen LogP contribution in [-0.2, 0) is 14.6 Å². The third-order valence-corrected chi connectivity index (χ3v) is 9.26. The van der Waals surface area contributed by atoms with Crippen LogP contribution in [0, 0.1) is 27.7 Å². The third kappa shape index (κ3) is 9.32. The van der Waals surface area contributed by atoms with Gasteiger partial charge in [-0.15, -0.1) is 0 Å². The summed E-state index contributed by atoms with van der Waals surface area (Å²) >= 11 is 5.93. The maximum absolute atomic E-state index is 11.6. The van der Waals surface area contributed by atoms with E-state index in [-0.39, 0.29) is 10.3 Å². The van der Waals surface area contributed by atoms with Crippen molar-refractivity contribution in [2.24, 2.45) is 0 Å². The highest BCUT2D eigenvalue weighted by atomic mass is 35.5. The van der Waals surface area contributed by atoms with Gasteiger partial charge in [0.15, 0.2) is 0 Å². The molecule has 0 aliphatic heterocycles. The van der Waals surface area contributed by atoms with E-state index in [4.69, 9.17) is 17.3 Å². The lowest BCUT2D eigenvalue weighted by Crippen LogP contribution is -2.09. The normalized spacial score (nSPS) is 11.0. The van der Waals surface area contributed by atoms with Crippen molar-refractivity contribution >= 4 is 73.1 Å². The van der Waals surface area contributed by atoms with Gasteiger partial charge in [-0.2, -0.15) is 9.97 Å². The van der Waals surface area contributed by atoms with Crippen molar-refractivity contribution in [2.75, 3.05) is 22.6 Å². The van der Waals surface area contributed by atoms with Crippen LogP contribution in [0.25, 0.3) is 33.7 Å². The van der Waals surface area contributed by atoms with E-state index in [1.54, 1.807) is 10.6 Å². The lowest BCUT2D eigenvalue weighted by Gasteiger charge is -2.10. The molecule has 284 valence electrons. The summed E-state index contributed by atoms with van der Waals surface area (Å²) in [5.41, 5.74) is 13.7. The minimum Gasteiger partial charge on any atom is -0.383 e. The monoisotopic (exact) mass is 787 g/mol. The number of carbonyl (C=O) groups excluding carboxylic acids is 1. The molecule has 0 fully saturated rings. The summed E-state index contributed by atoms with van der Waals surface area (Å²) in [6, 6.07) is 34.4. The van der Waals surface area contributed by atoms with Crippen LogP contribution < -0.4 is 16.4 Å². The number of nitrogens with one attached hydrogen (secondary N) is 2. The van der Waals surface area contributed by atoms with Crippen molar-refractivity contribution in [3.05, 3.63) is 137 Å². The van der Waals surface area contributed by atoms with E-state index in [2.05, 4.69) is 40.5 Å². The number of hydrogen-bond donors (Lipinski definition) is 3. The summed E-state index contributed by atoms with van der Waals surface area (Å²) in [5, 5.41) is 5.52. The summed E-state index contributed by atoms with van der Waals surface area (Å²) < 4.78 is 27.0. The average molecular weight is 788 g/mol. The second-order valence-corrected chi connectivity index (χ2v) is 15.0. The van der Waals surface area contributed by atoms with Crippen LogP contribution in [0.4, 0.5) is 23.1 Å². The molecule has 0 saturated carbocycles. The number of aromatic nitrogens is 8. The fourth-order valence-corrected chi connectivity index (χ4v) is 6.40. The zero-order valence-corrected chi connectivity index (χ0v) is 32.7. The van der Waals surface area contributed by atoms with Crippen LogP contribution in [0.1, 0.15) is 22.8 Å². The van der Waals surface area contributed by atoms with Gasteiger partial charge in [0.2, 0.25) is 27.4 Å². The first-order valence-corrected chi connectivity index (χ1v) is 19.4. The minimum absolute atomic E-state index is 0.0672. The number of anilines is 4. The molecule has 4 N–H and O–H groups in total. The highest BCUT2D eigenvalue weighted by molar-refractivity contribution is 7.90. The number of sulfone groups is 1. The van der Waals surface area contributed by atoms with Crippen LogP contribution in [0.5, 0.6) is 0 Å². The maximum atomic E-state index is 11.6. The summed E-state index contributed by atoms with van der Waals surface area (Å²) in [5.74, 6) is 3.45. The standard InChI is InChI=1S/C19H18N6.C13H11ClN4O2S.C8H9NO/c1-12-7-9-14(10-8-12)22-19-23-17(20)11-18(24-19)25-13(2)21-15-5-3-4-6-16(15)25;1-8-15-9-5-3-4-6-10(9)18(8)12-7-11(14)16-13(17-12)21(2,19)20;1-7-2-4-8(5-3-7)9-6-10/h3-11H,1-2H3,(H3,20,22,23,24);3-7H,1-2H3;2-6H,1H3,(H,9,10). The third-order valence-electron chi connectivity index (χ3n) is 8.22. The van der Waals surface area contributed by atoms with Crippen LogP contribution in [0.3, 0.4) is 0 Å². The molecule has 0 aliphatic rings. The van der Waals surface area contributed by atoms with Crippen LogP contribution in [-0.4, -0.2) is 60.1 Å². The molecule has 4 aromatic heterocycles. The number of nitrogens with zero attached hydrogens (tertiary/aromatic N) is 8. The molecule has 0 atom stereocenters. The molecular formula is C40H38ClN11O3S. The van der Waals surface area contributed by atoms with Gasteiger partial charge in [-0.1, -0.05) is 71.3 Å². The Morgan fingerprint density at radius 3 is 1.66 bits per heavy atom. The second-order valence-electron chi connectivity index (χ2n) is 12.7. The van der Waals surface area contributed by atoms with Gasteiger partial charge in [0, 0.05) is 29.8 Å². The van der Waals surface area contributed by atoms with E-state index in [1.807, 2.05) is 129 Å². The summed E-state index contributed by atoms with van der Waals surface area (Å²) in [4.78, 5) is 35.7. The number of amides is 1. The summed E-state index contributed by atoms with van der Waals surface area (Å²) in [6.07, 6.45) is 1.71. The highest BCUT2D eigenvalue weighted by Gasteiger charge is 2.17. The van der Waals surface area contributed by atoms with Crippen LogP contribution in [0.15, 0.2) is 114 Å². The Bertz CT molecular complexity index is 2770. The Labute approximate surface area is 328 Å². The van der Waals surface area contributed by atoms with Gasteiger partial charge in [-0.05, 0) is 76.2 Å². The fraction of sp³-hybridized carbons (Fsp3) is 0.125. The molecule has 8 rings (SSSR count). The van der Waals surface area contributed by atoms with E-state index in [9.17, 15) is 13.2 Å². The first-order chi connectivity index (χ1) is 26.8. The molecule has 0 saturated heterocycles. The van der Waals surface area contributed by atoms with Crippen molar-refractivity contribution in [3.63, 3.8) is 0 Å². The van der Waals surface area contributed by atoms with Gasteiger partial charge in [-0.25, -0.2) is 28.4 Å². The van der Waals surface area contributed by atoms with E-state index in [1.165, 1.54) is 17.2 Å². The molecule has 4 heterocycles. The van der Waals surface area contributed by atoms with Gasteiger partial charge in [0.1, 0.15) is 34.3 Å². The Kier molecular flexibility index (Phi) is 11.7. The van der Waals surface area contributed by atoms with Gasteiger partial charge >= 0.3 is 0 Å². The van der Waals surface area contributed by atoms with Gasteiger partial charge in [-0.3, -0.25) is 13.9 Å². The molecule has 0 spiro atoms. The fourth-order valence-electron chi connectivity index (χ4n) is 5.64. The topological polar surface area (TPSA) is 188 Å². The highest BCUT2D eigenvalue weighted by Crippen LogP contribution is 2.24. The van der Waals surface area contributed by atoms with Crippen molar-refractivity contribution in [3.8, 4) is 11.6 Å². The van der Waals surface area contributed by atoms with Crippen molar-refractivity contribution in [1.29, 1.82) is 0 Å². The van der Waals surface area contributed by atoms with E-state index >= 15 is 0 Å². The lowest BCUT2D eigenvalue weighted by atomic mass is 10.2. The Morgan fingerprint density at radius 2 is 1.14 bits per heavy atom. The number of imidazole rings is 2. The average Bonchev–Trinajstić information content (AvgIpc) is 3.68. The van der Waals surface area contributed by atoms with E-state index < -0.39 is 9.84 Å². The Morgan fingerprint density at radius 1 is 0.643 bits per heavy atom. The predicted molar refractivity (Wildman–Crippen MR) is 221 cm³/mol. The zero-order chi connectivity index (χ0) is 40.0. The number of rotatable bonds is 7. The number of hydrogen-bond acceptors (Lipinski definition) is 11. The maximum Gasteiger partial charge on any atom is 0.250 e. The van der Waals surface area contributed by atoms with Crippen molar-refractivity contribution in [1.82, 2.24) is 39.0 Å². The Hall–Kier alpha value is -6.71. The molecule has 0 bridgehead atoms. The number of aryl methyl sites for hydroxylation is 4. The van der Waals surface area contributed by atoms with Crippen LogP contribution >= 0.6 is 11.6 Å². The predicted octanol–water partition coefficient (Wildman–Crippen LogP) is 7.50. The number of nitrogen functional groups attached to an aromatic ring is 1.